The van der Waals surface area contributed by atoms with Crippen LogP contribution in [0.2, 0.25) is 0 Å². The fraction of sp³-hybridized carbons (Fsp3) is 0.500. The first-order valence-corrected chi connectivity index (χ1v) is 4.20. The molecule has 1 rings (SSSR count). The molecular formula is C8H8KO8. The maximum absolute atomic E-state index is 10.7. The van der Waals surface area contributed by atoms with Crippen LogP contribution < -0.4 is 0 Å². The van der Waals surface area contributed by atoms with Gasteiger partial charge in [0.2, 0.25) is 0 Å². The van der Waals surface area contributed by atoms with E-state index >= 15 is 0 Å². The first-order chi connectivity index (χ1) is 7.29. The zero-order valence-electron chi connectivity index (χ0n) is 8.73. The third kappa shape index (κ3) is 2.85. The van der Waals surface area contributed by atoms with Crippen molar-refractivity contribution >= 4 is 75.3 Å². The molecule has 9 heteroatoms. The standard InChI is InChI=1S/C8H8O8.K/c9-5(10)1-2(6(11)12)4(8(15)16)3(1)7(13)14;/h1-4H,(H,9,10)(H,11,12)(H,13,14)(H,15,16);. The molecule has 0 amide bonds. The Bertz CT molecular complexity index is 298. The number of carboxylic acids is 4. The largest absolute Gasteiger partial charge is 0.481 e. The number of hydrogen-bond acceptors (Lipinski definition) is 4. The van der Waals surface area contributed by atoms with Crippen LogP contribution in [0.15, 0.2) is 0 Å². The Morgan fingerprint density at radius 1 is 0.529 bits per heavy atom. The number of carbonyl (C=O) groups is 4. The quantitative estimate of drug-likeness (QED) is 0.447. The molecular weight excluding hydrogens is 263 g/mol. The predicted octanol–water partition coefficient (Wildman–Crippen LogP) is -1.58. The van der Waals surface area contributed by atoms with E-state index in [9.17, 15) is 19.2 Å². The van der Waals surface area contributed by atoms with Gasteiger partial charge in [0, 0.05) is 51.4 Å². The van der Waals surface area contributed by atoms with Crippen molar-refractivity contribution in [2.45, 2.75) is 0 Å². The van der Waals surface area contributed by atoms with Gasteiger partial charge in [0.1, 0.15) is 0 Å². The second-order valence-corrected chi connectivity index (χ2v) is 3.46. The molecule has 0 aromatic heterocycles. The van der Waals surface area contributed by atoms with Crippen LogP contribution in [0.25, 0.3) is 0 Å². The summed E-state index contributed by atoms with van der Waals surface area (Å²) in [7, 11) is 0. The van der Waals surface area contributed by atoms with Crippen LogP contribution in [0.3, 0.4) is 0 Å². The molecule has 89 valence electrons. The molecule has 0 heterocycles. The minimum atomic E-state index is -1.70. The number of carboxylic acid groups (broad SMARTS) is 4. The summed E-state index contributed by atoms with van der Waals surface area (Å²) in [5, 5.41) is 34.6. The first kappa shape index (κ1) is 16.5. The number of rotatable bonds is 4. The average Bonchev–Trinajstić information content (AvgIpc) is 1.97. The van der Waals surface area contributed by atoms with E-state index in [1.54, 1.807) is 0 Å². The average molecular weight is 271 g/mol. The summed E-state index contributed by atoms with van der Waals surface area (Å²) in [6.45, 7) is 0. The second-order valence-electron chi connectivity index (χ2n) is 3.46. The van der Waals surface area contributed by atoms with E-state index in [4.69, 9.17) is 20.4 Å². The van der Waals surface area contributed by atoms with Crippen molar-refractivity contribution in [1.82, 2.24) is 0 Å². The monoisotopic (exact) mass is 271 g/mol. The molecule has 0 aromatic rings. The van der Waals surface area contributed by atoms with Crippen LogP contribution in [-0.2, 0) is 19.2 Å². The number of hydrogen-bond donors (Lipinski definition) is 4. The van der Waals surface area contributed by atoms with Gasteiger partial charge in [-0.1, -0.05) is 0 Å². The molecule has 8 nitrogen and oxygen atoms in total. The molecule has 0 spiro atoms. The topological polar surface area (TPSA) is 149 Å². The van der Waals surface area contributed by atoms with Crippen molar-refractivity contribution in [1.29, 1.82) is 0 Å². The van der Waals surface area contributed by atoms with Crippen LogP contribution in [-0.4, -0.2) is 95.7 Å². The van der Waals surface area contributed by atoms with Crippen molar-refractivity contribution in [3.63, 3.8) is 0 Å². The van der Waals surface area contributed by atoms with Crippen molar-refractivity contribution in [3.05, 3.63) is 0 Å². The summed E-state index contributed by atoms with van der Waals surface area (Å²) < 4.78 is 0. The van der Waals surface area contributed by atoms with Crippen molar-refractivity contribution in [2.24, 2.45) is 23.7 Å². The van der Waals surface area contributed by atoms with Gasteiger partial charge in [-0.05, 0) is 0 Å². The Balaban J connectivity index is 0.00000256. The maximum atomic E-state index is 10.7. The third-order valence-corrected chi connectivity index (χ3v) is 2.69. The van der Waals surface area contributed by atoms with Gasteiger partial charge in [-0.15, -0.1) is 0 Å². The van der Waals surface area contributed by atoms with Gasteiger partial charge in [0.05, 0.1) is 23.7 Å². The molecule has 17 heavy (non-hydrogen) atoms. The Morgan fingerprint density at radius 2 is 0.647 bits per heavy atom. The van der Waals surface area contributed by atoms with E-state index in [0.29, 0.717) is 0 Å². The van der Waals surface area contributed by atoms with Gasteiger partial charge < -0.3 is 20.4 Å². The summed E-state index contributed by atoms with van der Waals surface area (Å²) >= 11 is 0. The van der Waals surface area contributed by atoms with Crippen LogP contribution in [0.5, 0.6) is 0 Å². The minimum Gasteiger partial charge on any atom is -0.481 e. The SMILES string of the molecule is O=C(O)C1C(C(=O)O)C(C(=O)O)C1C(=O)O.[K]. The summed E-state index contributed by atoms with van der Waals surface area (Å²) in [6.07, 6.45) is 0. The first-order valence-electron chi connectivity index (χ1n) is 4.20. The van der Waals surface area contributed by atoms with Crippen molar-refractivity contribution in [2.75, 3.05) is 0 Å². The maximum Gasteiger partial charge on any atom is 0.308 e. The Labute approximate surface area is 137 Å². The zero-order chi connectivity index (χ0) is 12.6. The summed E-state index contributed by atoms with van der Waals surface area (Å²) in [6, 6.07) is 0. The molecule has 1 radical (unpaired) electrons. The van der Waals surface area contributed by atoms with Crippen LogP contribution in [0, 0.1) is 23.7 Å². The van der Waals surface area contributed by atoms with E-state index in [-0.39, 0.29) is 51.4 Å². The normalized spacial score (nSPS) is 30.6. The third-order valence-electron chi connectivity index (χ3n) is 2.69. The molecule has 1 fully saturated rings. The predicted molar refractivity (Wildman–Crippen MR) is 50.3 cm³/mol. The molecule has 0 saturated heterocycles. The fourth-order valence-electron chi connectivity index (χ4n) is 1.98. The molecule has 4 N–H and O–H groups in total. The Morgan fingerprint density at radius 3 is 0.706 bits per heavy atom. The molecule has 0 unspecified atom stereocenters. The zero-order valence-corrected chi connectivity index (χ0v) is 11.9. The fourth-order valence-corrected chi connectivity index (χ4v) is 1.98. The molecule has 0 bridgehead atoms. The molecule has 1 aliphatic carbocycles. The minimum absolute atomic E-state index is 0. The summed E-state index contributed by atoms with van der Waals surface area (Å²) in [4.78, 5) is 42.6. The number of aliphatic carboxylic acids is 4. The molecule has 1 saturated carbocycles. The van der Waals surface area contributed by atoms with Crippen molar-refractivity contribution in [3.8, 4) is 0 Å². The Kier molecular flexibility index (Phi) is 5.74. The van der Waals surface area contributed by atoms with Crippen LogP contribution in [0.4, 0.5) is 0 Å². The second kappa shape index (κ2) is 5.91. The van der Waals surface area contributed by atoms with E-state index < -0.39 is 47.5 Å². The van der Waals surface area contributed by atoms with Gasteiger partial charge in [-0.25, -0.2) is 0 Å². The Hall–Kier alpha value is -0.484. The van der Waals surface area contributed by atoms with Crippen LogP contribution >= 0.6 is 0 Å². The van der Waals surface area contributed by atoms with Gasteiger partial charge in [-0.2, -0.15) is 0 Å². The van der Waals surface area contributed by atoms with E-state index in [2.05, 4.69) is 0 Å². The van der Waals surface area contributed by atoms with Gasteiger partial charge in [-0.3, -0.25) is 19.2 Å². The van der Waals surface area contributed by atoms with Gasteiger partial charge >= 0.3 is 23.9 Å². The van der Waals surface area contributed by atoms with E-state index in [1.165, 1.54) is 0 Å². The molecule has 1 aliphatic rings. The van der Waals surface area contributed by atoms with E-state index in [0.717, 1.165) is 0 Å². The van der Waals surface area contributed by atoms with E-state index in [1.807, 2.05) is 0 Å². The molecule has 0 aromatic carbocycles. The van der Waals surface area contributed by atoms with Crippen molar-refractivity contribution < 1.29 is 39.6 Å². The molecule has 0 atom stereocenters. The van der Waals surface area contributed by atoms with Gasteiger partial charge in [0.25, 0.3) is 0 Å². The van der Waals surface area contributed by atoms with Gasteiger partial charge in [0.15, 0.2) is 0 Å². The molecule has 0 aliphatic heterocycles. The summed E-state index contributed by atoms with van der Waals surface area (Å²) in [5.74, 6) is -13.2. The summed E-state index contributed by atoms with van der Waals surface area (Å²) in [5.41, 5.74) is 0. The smallest absolute Gasteiger partial charge is 0.308 e. The van der Waals surface area contributed by atoms with Crippen LogP contribution in [0.1, 0.15) is 0 Å².